The Hall–Kier alpha value is -3.48. The van der Waals surface area contributed by atoms with Crippen LogP contribution in [0.15, 0.2) is 53.7 Å². The summed E-state index contributed by atoms with van der Waals surface area (Å²) in [5, 5.41) is 2.70. The van der Waals surface area contributed by atoms with E-state index in [2.05, 4.69) is 41.0 Å². The standard InChI is InChI=1S/C22H25N5O2/c1-22(2,3)16-8-6-14(7-9-16)20(28)26-18-10-15(12-23-21(18)29)17-11-19(27(4)5)25-13-24-17/h6-13H,1-5H3,(H,23,29)(H,26,28). The molecule has 7 heteroatoms. The molecular weight excluding hydrogens is 366 g/mol. The second kappa shape index (κ2) is 7.87. The molecule has 0 aliphatic carbocycles. The quantitative estimate of drug-likeness (QED) is 0.711. The number of anilines is 2. The molecule has 0 atom stereocenters. The van der Waals surface area contributed by atoms with Crippen molar-refractivity contribution in [1.82, 2.24) is 15.0 Å². The molecule has 29 heavy (non-hydrogen) atoms. The Kier molecular flexibility index (Phi) is 5.50. The molecule has 0 aliphatic heterocycles. The van der Waals surface area contributed by atoms with Gasteiger partial charge in [0.1, 0.15) is 17.8 Å². The third kappa shape index (κ3) is 4.68. The van der Waals surface area contributed by atoms with Gasteiger partial charge in [-0.25, -0.2) is 9.97 Å². The fraction of sp³-hybridized carbons (Fsp3) is 0.273. The van der Waals surface area contributed by atoms with Crippen molar-refractivity contribution < 1.29 is 4.79 Å². The third-order valence-corrected chi connectivity index (χ3v) is 4.57. The first kappa shape index (κ1) is 20.3. The summed E-state index contributed by atoms with van der Waals surface area (Å²) in [4.78, 5) is 37.8. The summed E-state index contributed by atoms with van der Waals surface area (Å²) in [5.74, 6) is 0.399. The van der Waals surface area contributed by atoms with Gasteiger partial charge in [-0.05, 0) is 29.2 Å². The zero-order chi connectivity index (χ0) is 21.2. The Morgan fingerprint density at radius 3 is 2.38 bits per heavy atom. The van der Waals surface area contributed by atoms with Gasteiger partial charge in [0.25, 0.3) is 11.5 Å². The van der Waals surface area contributed by atoms with E-state index in [1.807, 2.05) is 37.2 Å². The fourth-order valence-corrected chi connectivity index (χ4v) is 2.79. The molecule has 0 aliphatic rings. The predicted molar refractivity (Wildman–Crippen MR) is 116 cm³/mol. The van der Waals surface area contributed by atoms with Gasteiger partial charge in [-0.1, -0.05) is 32.9 Å². The lowest BCUT2D eigenvalue weighted by Crippen LogP contribution is -2.20. The van der Waals surface area contributed by atoms with Gasteiger partial charge in [0, 0.05) is 37.5 Å². The molecule has 0 fully saturated rings. The number of amides is 1. The van der Waals surface area contributed by atoms with Crippen LogP contribution in [-0.2, 0) is 5.41 Å². The molecule has 2 aromatic heterocycles. The molecule has 3 rings (SSSR count). The summed E-state index contributed by atoms with van der Waals surface area (Å²) < 4.78 is 0. The summed E-state index contributed by atoms with van der Waals surface area (Å²) in [6, 6.07) is 10.8. The Morgan fingerprint density at radius 1 is 1.07 bits per heavy atom. The average molecular weight is 391 g/mol. The number of aromatic amines is 1. The Labute approximate surface area is 169 Å². The van der Waals surface area contributed by atoms with Crippen LogP contribution in [0.1, 0.15) is 36.7 Å². The molecule has 3 aromatic rings. The van der Waals surface area contributed by atoms with Gasteiger partial charge in [0.2, 0.25) is 0 Å². The molecule has 0 unspecified atom stereocenters. The smallest absolute Gasteiger partial charge is 0.271 e. The number of aromatic nitrogens is 3. The Morgan fingerprint density at radius 2 is 1.76 bits per heavy atom. The van der Waals surface area contributed by atoms with Crippen LogP contribution in [0.4, 0.5) is 11.5 Å². The molecule has 1 amide bonds. The average Bonchev–Trinajstić information content (AvgIpc) is 2.69. The van der Waals surface area contributed by atoms with Crippen molar-refractivity contribution in [3.8, 4) is 11.3 Å². The highest BCUT2D eigenvalue weighted by Crippen LogP contribution is 2.23. The minimum Gasteiger partial charge on any atom is -0.363 e. The minimum absolute atomic E-state index is 0.00341. The van der Waals surface area contributed by atoms with Crippen molar-refractivity contribution >= 4 is 17.4 Å². The fourth-order valence-electron chi connectivity index (χ4n) is 2.79. The van der Waals surface area contributed by atoms with Crippen molar-refractivity contribution in [3.63, 3.8) is 0 Å². The van der Waals surface area contributed by atoms with Crippen LogP contribution in [0, 0.1) is 0 Å². The van der Waals surface area contributed by atoms with E-state index in [9.17, 15) is 9.59 Å². The molecule has 0 radical (unpaired) electrons. The molecule has 7 nitrogen and oxygen atoms in total. The number of nitrogens with one attached hydrogen (secondary N) is 2. The highest BCUT2D eigenvalue weighted by Gasteiger charge is 2.15. The first-order valence-electron chi connectivity index (χ1n) is 9.29. The zero-order valence-electron chi connectivity index (χ0n) is 17.3. The largest absolute Gasteiger partial charge is 0.363 e. The van der Waals surface area contributed by atoms with Gasteiger partial charge in [0.15, 0.2) is 0 Å². The third-order valence-electron chi connectivity index (χ3n) is 4.57. The van der Waals surface area contributed by atoms with Gasteiger partial charge in [-0.3, -0.25) is 9.59 Å². The van der Waals surface area contributed by atoms with Gasteiger partial charge in [0.05, 0.1) is 5.69 Å². The second-order valence-corrected chi connectivity index (χ2v) is 8.07. The normalized spacial score (nSPS) is 11.2. The van der Waals surface area contributed by atoms with E-state index in [-0.39, 0.29) is 22.6 Å². The maximum atomic E-state index is 12.6. The van der Waals surface area contributed by atoms with E-state index in [1.54, 1.807) is 24.4 Å². The first-order valence-corrected chi connectivity index (χ1v) is 9.29. The summed E-state index contributed by atoms with van der Waals surface area (Å²) in [5.41, 5.74) is 2.73. The molecular formula is C22H25N5O2. The van der Waals surface area contributed by atoms with Crippen LogP contribution in [-0.4, -0.2) is 35.0 Å². The Balaban J connectivity index is 1.86. The number of hydrogen-bond donors (Lipinski definition) is 2. The van der Waals surface area contributed by atoms with Crippen LogP contribution in [0.3, 0.4) is 0 Å². The highest BCUT2D eigenvalue weighted by molar-refractivity contribution is 6.04. The van der Waals surface area contributed by atoms with E-state index in [0.29, 0.717) is 16.8 Å². The lowest BCUT2D eigenvalue weighted by molar-refractivity contribution is 0.102. The number of hydrogen-bond acceptors (Lipinski definition) is 5. The van der Waals surface area contributed by atoms with E-state index in [1.165, 1.54) is 6.33 Å². The maximum Gasteiger partial charge on any atom is 0.271 e. The van der Waals surface area contributed by atoms with Crippen molar-refractivity contribution in [3.05, 3.63) is 70.4 Å². The van der Waals surface area contributed by atoms with Crippen LogP contribution >= 0.6 is 0 Å². The summed E-state index contributed by atoms with van der Waals surface area (Å²) in [6.45, 7) is 6.34. The number of carbonyl (C=O) groups excluding carboxylic acids is 1. The molecule has 2 heterocycles. The molecule has 0 saturated heterocycles. The minimum atomic E-state index is -0.379. The van der Waals surface area contributed by atoms with E-state index in [4.69, 9.17) is 0 Å². The van der Waals surface area contributed by atoms with Gasteiger partial charge in [-0.15, -0.1) is 0 Å². The van der Waals surface area contributed by atoms with Crippen molar-refractivity contribution in [2.24, 2.45) is 0 Å². The Bertz CT molecular complexity index is 1080. The van der Waals surface area contributed by atoms with Crippen molar-refractivity contribution in [2.75, 3.05) is 24.3 Å². The predicted octanol–water partition coefficient (Wildman–Crippen LogP) is 3.45. The molecule has 0 saturated carbocycles. The molecule has 2 N–H and O–H groups in total. The van der Waals surface area contributed by atoms with Gasteiger partial charge < -0.3 is 15.2 Å². The molecule has 0 bridgehead atoms. The number of benzene rings is 1. The van der Waals surface area contributed by atoms with Gasteiger partial charge >= 0.3 is 0 Å². The number of nitrogens with zero attached hydrogens (tertiary/aromatic N) is 3. The molecule has 1 aromatic carbocycles. The van der Waals surface area contributed by atoms with E-state index in [0.717, 1.165) is 11.4 Å². The van der Waals surface area contributed by atoms with Crippen LogP contribution in [0.5, 0.6) is 0 Å². The summed E-state index contributed by atoms with van der Waals surface area (Å²) in [7, 11) is 3.77. The monoisotopic (exact) mass is 391 g/mol. The lowest BCUT2D eigenvalue weighted by Gasteiger charge is -2.19. The van der Waals surface area contributed by atoms with Crippen LogP contribution in [0.2, 0.25) is 0 Å². The topological polar surface area (TPSA) is 91.0 Å². The van der Waals surface area contributed by atoms with Crippen LogP contribution < -0.4 is 15.8 Å². The molecule has 0 spiro atoms. The zero-order valence-corrected chi connectivity index (χ0v) is 17.3. The summed E-state index contributed by atoms with van der Waals surface area (Å²) in [6.07, 6.45) is 3.03. The SMILES string of the molecule is CN(C)c1cc(-c2c[nH]c(=O)c(NC(=O)c3ccc(C(C)(C)C)cc3)c2)ncn1. The van der Waals surface area contributed by atoms with Crippen molar-refractivity contribution in [1.29, 1.82) is 0 Å². The first-order chi connectivity index (χ1) is 13.6. The number of rotatable bonds is 4. The maximum absolute atomic E-state index is 12.6. The number of H-pyrrole nitrogens is 1. The second-order valence-electron chi connectivity index (χ2n) is 8.07. The van der Waals surface area contributed by atoms with E-state index >= 15 is 0 Å². The number of pyridine rings is 1. The lowest BCUT2D eigenvalue weighted by atomic mass is 9.87. The van der Waals surface area contributed by atoms with Gasteiger partial charge in [-0.2, -0.15) is 0 Å². The number of carbonyl (C=O) groups is 1. The van der Waals surface area contributed by atoms with Crippen LogP contribution in [0.25, 0.3) is 11.3 Å². The highest BCUT2D eigenvalue weighted by atomic mass is 16.2. The summed E-state index contributed by atoms with van der Waals surface area (Å²) >= 11 is 0. The van der Waals surface area contributed by atoms with Crippen molar-refractivity contribution in [2.45, 2.75) is 26.2 Å². The molecule has 150 valence electrons. The van der Waals surface area contributed by atoms with E-state index < -0.39 is 0 Å².